The monoisotopic (exact) mass is 331 g/mol. The smallest absolute Gasteiger partial charge is 0.317 e. The zero-order valence-corrected chi connectivity index (χ0v) is 13.4. The van der Waals surface area contributed by atoms with E-state index >= 15 is 0 Å². The summed E-state index contributed by atoms with van der Waals surface area (Å²) in [6.07, 6.45) is 0. The van der Waals surface area contributed by atoms with Gasteiger partial charge < -0.3 is 15.1 Å². The number of nitrogens with one attached hydrogen (secondary N) is 1. The van der Waals surface area contributed by atoms with E-state index in [2.05, 4.69) is 27.8 Å². The van der Waals surface area contributed by atoms with E-state index in [1.165, 1.54) is 0 Å². The first-order chi connectivity index (χ1) is 8.71. The Kier molecular flexibility index (Phi) is 5.40. The Hall–Kier alpha value is -1.04. The Labute approximate surface area is 123 Å². The molecule has 108 valence electrons. The van der Waals surface area contributed by atoms with Crippen molar-refractivity contribution >= 4 is 27.9 Å². The highest BCUT2D eigenvalue weighted by Gasteiger charge is 2.30. The quantitative estimate of drug-likeness (QED) is 0.838. The van der Waals surface area contributed by atoms with Gasteiger partial charge in [-0.3, -0.25) is 4.79 Å². The molecule has 1 N–H and O–H groups in total. The van der Waals surface area contributed by atoms with Gasteiger partial charge in [0, 0.05) is 36.1 Å². The van der Waals surface area contributed by atoms with Gasteiger partial charge in [-0.15, -0.1) is 0 Å². The lowest BCUT2D eigenvalue weighted by atomic mass is 9.94. The molecule has 0 aromatic heterocycles. The Bertz CT molecular complexity index is 369. The van der Waals surface area contributed by atoms with E-state index in [0.717, 1.165) is 4.48 Å². The fourth-order valence-corrected chi connectivity index (χ4v) is 2.01. The van der Waals surface area contributed by atoms with Crippen LogP contribution < -0.4 is 5.32 Å². The molecule has 0 saturated carbocycles. The molecule has 0 atom stereocenters. The molecule has 1 fully saturated rings. The molecule has 0 aromatic rings. The molecule has 0 aromatic carbocycles. The average Bonchev–Trinajstić information content (AvgIpc) is 2.34. The number of urea groups is 1. The third-order valence-corrected chi connectivity index (χ3v) is 3.21. The Balaban J connectivity index is 2.43. The minimum atomic E-state index is -0.363. The van der Waals surface area contributed by atoms with Crippen molar-refractivity contribution < 1.29 is 9.59 Å². The van der Waals surface area contributed by atoms with E-state index in [0.29, 0.717) is 32.7 Å². The predicted molar refractivity (Wildman–Crippen MR) is 79.1 cm³/mol. The van der Waals surface area contributed by atoms with E-state index in [-0.39, 0.29) is 17.4 Å². The molecular weight excluding hydrogens is 310 g/mol. The van der Waals surface area contributed by atoms with Crippen molar-refractivity contribution in [3.05, 3.63) is 11.1 Å². The number of rotatable bonds is 2. The van der Waals surface area contributed by atoms with Crippen LogP contribution in [0.15, 0.2) is 11.1 Å². The minimum absolute atomic E-state index is 0.108. The van der Waals surface area contributed by atoms with E-state index in [1.807, 2.05) is 25.7 Å². The van der Waals surface area contributed by atoms with Gasteiger partial charge in [-0.25, -0.2) is 4.79 Å². The Morgan fingerprint density at radius 2 is 1.63 bits per heavy atom. The van der Waals surface area contributed by atoms with Gasteiger partial charge in [-0.1, -0.05) is 43.3 Å². The van der Waals surface area contributed by atoms with E-state index in [4.69, 9.17) is 0 Å². The van der Waals surface area contributed by atoms with Crippen molar-refractivity contribution in [3.8, 4) is 0 Å². The van der Waals surface area contributed by atoms with Gasteiger partial charge in [0.1, 0.15) is 0 Å². The zero-order valence-electron chi connectivity index (χ0n) is 11.8. The molecule has 5 nitrogen and oxygen atoms in total. The summed E-state index contributed by atoms with van der Waals surface area (Å²) in [6, 6.07) is -0.108. The number of amides is 3. The van der Waals surface area contributed by atoms with Gasteiger partial charge in [0.2, 0.25) is 5.91 Å². The van der Waals surface area contributed by atoms with Crippen LogP contribution in [-0.4, -0.2) is 54.5 Å². The molecule has 1 aliphatic heterocycles. The number of carbonyl (C=O) groups excluding carboxylic acids is 2. The molecule has 0 spiro atoms. The standard InChI is InChI=1S/C13H22BrN3O2/c1-10(14)9-15-12(19)17-7-5-16(6-8-17)11(18)13(2,3)4/h1,5-9H2,2-4H3,(H,15,19). The molecule has 0 radical (unpaired) electrons. The molecule has 19 heavy (non-hydrogen) atoms. The lowest BCUT2D eigenvalue weighted by Gasteiger charge is -2.37. The van der Waals surface area contributed by atoms with Crippen LogP contribution in [0.3, 0.4) is 0 Å². The van der Waals surface area contributed by atoms with Crippen molar-refractivity contribution in [2.45, 2.75) is 20.8 Å². The second-order valence-corrected chi connectivity index (χ2v) is 6.83. The number of hydrogen-bond donors (Lipinski definition) is 1. The first kappa shape index (κ1) is 16.0. The Morgan fingerprint density at radius 3 is 2.05 bits per heavy atom. The molecule has 1 saturated heterocycles. The highest BCUT2D eigenvalue weighted by Crippen LogP contribution is 2.18. The van der Waals surface area contributed by atoms with Gasteiger partial charge in [-0.05, 0) is 0 Å². The van der Waals surface area contributed by atoms with Crippen LogP contribution >= 0.6 is 15.9 Å². The van der Waals surface area contributed by atoms with Gasteiger partial charge in [0.15, 0.2) is 0 Å². The van der Waals surface area contributed by atoms with Crippen LogP contribution in [0.1, 0.15) is 20.8 Å². The van der Waals surface area contributed by atoms with Gasteiger partial charge >= 0.3 is 6.03 Å². The summed E-state index contributed by atoms with van der Waals surface area (Å²) in [6.45, 7) is 12.2. The SMILES string of the molecule is C=C(Br)CNC(=O)N1CCN(C(=O)C(C)(C)C)CC1. The summed E-state index contributed by atoms with van der Waals surface area (Å²) in [5.74, 6) is 0.140. The molecule has 1 aliphatic rings. The number of nitrogens with zero attached hydrogens (tertiary/aromatic N) is 2. The first-order valence-corrected chi connectivity index (χ1v) is 7.16. The first-order valence-electron chi connectivity index (χ1n) is 6.37. The summed E-state index contributed by atoms with van der Waals surface area (Å²) in [7, 11) is 0. The van der Waals surface area contributed by atoms with Gasteiger partial charge in [0.05, 0.1) is 6.54 Å². The second kappa shape index (κ2) is 6.41. The maximum absolute atomic E-state index is 12.1. The molecule has 6 heteroatoms. The molecule has 3 amide bonds. The highest BCUT2D eigenvalue weighted by atomic mass is 79.9. The van der Waals surface area contributed by atoms with E-state index in [1.54, 1.807) is 4.90 Å². The minimum Gasteiger partial charge on any atom is -0.339 e. The normalized spacial score (nSPS) is 16.2. The van der Waals surface area contributed by atoms with Crippen LogP contribution in [0, 0.1) is 5.41 Å². The van der Waals surface area contributed by atoms with Crippen molar-refractivity contribution in [2.24, 2.45) is 5.41 Å². The van der Waals surface area contributed by atoms with Crippen LogP contribution in [-0.2, 0) is 4.79 Å². The second-order valence-electron chi connectivity index (χ2n) is 5.71. The van der Waals surface area contributed by atoms with Crippen LogP contribution in [0.25, 0.3) is 0 Å². The highest BCUT2D eigenvalue weighted by molar-refractivity contribution is 9.11. The third-order valence-electron chi connectivity index (χ3n) is 2.93. The lowest BCUT2D eigenvalue weighted by Crippen LogP contribution is -2.55. The summed E-state index contributed by atoms with van der Waals surface area (Å²) >= 11 is 3.20. The van der Waals surface area contributed by atoms with Crippen LogP contribution in [0.5, 0.6) is 0 Å². The number of piperazine rings is 1. The maximum Gasteiger partial charge on any atom is 0.317 e. The summed E-state index contributed by atoms with van der Waals surface area (Å²) in [4.78, 5) is 27.5. The number of hydrogen-bond acceptors (Lipinski definition) is 2. The average molecular weight is 332 g/mol. The zero-order chi connectivity index (χ0) is 14.6. The molecule has 0 unspecified atom stereocenters. The summed E-state index contributed by atoms with van der Waals surface area (Å²) in [5, 5.41) is 2.76. The summed E-state index contributed by atoms with van der Waals surface area (Å²) < 4.78 is 0.738. The summed E-state index contributed by atoms with van der Waals surface area (Å²) in [5.41, 5.74) is -0.363. The largest absolute Gasteiger partial charge is 0.339 e. The van der Waals surface area contributed by atoms with Crippen molar-refractivity contribution in [1.29, 1.82) is 0 Å². The third kappa shape index (κ3) is 4.86. The van der Waals surface area contributed by atoms with Crippen LogP contribution in [0.4, 0.5) is 4.79 Å². The van der Waals surface area contributed by atoms with Gasteiger partial charge in [0.25, 0.3) is 0 Å². The van der Waals surface area contributed by atoms with Crippen molar-refractivity contribution in [2.75, 3.05) is 32.7 Å². The van der Waals surface area contributed by atoms with E-state index in [9.17, 15) is 9.59 Å². The Morgan fingerprint density at radius 1 is 1.16 bits per heavy atom. The van der Waals surface area contributed by atoms with Crippen molar-refractivity contribution in [1.82, 2.24) is 15.1 Å². The molecule has 1 rings (SSSR count). The number of halogens is 1. The topological polar surface area (TPSA) is 52.7 Å². The fourth-order valence-electron chi connectivity index (χ4n) is 1.87. The fraction of sp³-hybridized carbons (Fsp3) is 0.692. The predicted octanol–water partition coefficient (Wildman–Crippen LogP) is 1.79. The van der Waals surface area contributed by atoms with E-state index < -0.39 is 0 Å². The molecular formula is C13H22BrN3O2. The molecule has 0 bridgehead atoms. The molecule has 0 aliphatic carbocycles. The lowest BCUT2D eigenvalue weighted by molar-refractivity contribution is -0.140. The van der Waals surface area contributed by atoms with Crippen LogP contribution in [0.2, 0.25) is 0 Å². The maximum atomic E-state index is 12.1. The van der Waals surface area contributed by atoms with Gasteiger partial charge in [-0.2, -0.15) is 0 Å². The number of carbonyl (C=O) groups is 2. The molecule has 1 heterocycles. The van der Waals surface area contributed by atoms with Crippen molar-refractivity contribution in [3.63, 3.8) is 0 Å².